The summed E-state index contributed by atoms with van der Waals surface area (Å²) < 4.78 is 24.3. The Balaban J connectivity index is 1.51. The van der Waals surface area contributed by atoms with Crippen LogP contribution in [0.1, 0.15) is 12.5 Å². The maximum atomic E-state index is 13.0. The second-order valence-electron chi connectivity index (χ2n) is 7.57. The average Bonchev–Trinajstić information content (AvgIpc) is 3.13. The summed E-state index contributed by atoms with van der Waals surface area (Å²) in [5.41, 5.74) is 1.40. The van der Waals surface area contributed by atoms with E-state index in [1.165, 1.54) is 36.4 Å². The van der Waals surface area contributed by atoms with Gasteiger partial charge in [0.15, 0.2) is 18.1 Å². The Hall–Kier alpha value is -4.37. The molecular formula is C26H21ClFN3O5. The third kappa shape index (κ3) is 5.64. The Bertz CT molecular complexity index is 1330. The second kappa shape index (κ2) is 10.9. The number of ether oxygens (including phenoxy) is 2. The Morgan fingerprint density at radius 3 is 2.50 bits per heavy atom. The van der Waals surface area contributed by atoms with E-state index in [0.29, 0.717) is 16.9 Å². The van der Waals surface area contributed by atoms with E-state index in [9.17, 15) is 18.8 Å². The van der Waals surface area contributed by atoms with E-state index in [-0.39, 0.29) is 35.4 Å². The molecule has 184 valence electrons. The topological polar surface area (TPSA) is 97.0 Å². The average molecular weight is 510 g/mol. The first-order chi connectivity index (χ1) is 17.4. The van der Waals surface area contributed by atoms with Crippen LogP contribution in [0.2, 0.25) is 5.02 Å². The molecule has 1 heterocycles. The number of hydrogen-bond acceptors (Lipinski definition) is 5. The van der Waals surface area contributed by atoms with Gasteiger partial charge in [0, 0.05) is 5.69 Å². The number of anilines is 2. The van der Waals surface area contributed by atoms with Gasteiger partial charge in [-0.15, -0.1) is 0 Å². The zero-order valence-corrected chi connectivity index (χ0v) is 19.8. The smallest absolute Gasteiger partial charge is 0.333 e. The van der Waals surface area contributed by atoms with E-state index in [1.54, 1.807) is 43.3 Å². The van der Waals surface area contributed by atoms with Crippen molar-refractivity contribution in [2.45, 2.75) is 6.92 Å². The van der Waals surface area contributed by atoms with Crippen molar-refractivity contribution in [1.29, 1.82) is 0 Å². The van der Waals surface area contributed by atoms with Crippen LogP contribution in [0.3, 0.4) is 0 Å². The molecule has 1 fully saturated rings. The number of benzene rings is 3. The van der Waals surface area contributed by atoms with Crippen molar-refractivity contribution < 1.29 is 28.2 Å². The van der Waals surface area contributed by atoms with Gasteiger partial charge in [0.25, 0.3) is 11.8 Å². The Morgan fingerprint density at radius 2 is 1.81 bits per heavy atom. The van der Waals surface area contributed by atoms with Crippen LogP contribution in [0.15, 0.2) is 72.4 Å². The van der Waals surface area contributed by atoms with Crippen LogP contribution in [0.25, 0.3) is 6.08 Å². The summed E-state index contributed by atoms with van der Waals surface area (Å²) >= 11 is 6.42. The maximum absolute atomic E-state index is 13.0. The number of rotatable bonds is 8. The van der Waals surface area contributed by atoms with Crippen molar-refractivity contribution in [2.75, 3.05) is 23.4 Å². The highest BCUT2D eigenvalue weighted by Gasteiger charge is 2.34. The van der Waals surface area contributed by atoms with Gasteiger partial charge in [-0.25, -0.2) is 14.1 Å². The van der Waals surface area contributed by atoms with Crippen LogP contribution in [0.5, 0.6) is 11.5 Å². The predicted octanol–water partition coefficient (Wildman–Crippen LogP) is 4.99. The minimum Gasteiger partial charge on any atom is -0.490 e. The fourth-order valence-electron chi connectivity index (χ4n) is 3.46. The largest absolute Gasteiger partial charge is 0.490 e. The molecule has 10 heteroatoms. The summed E-state index contributed by atoms with van der Waals surface area (Å²) in [6, 6.07) is 16.4. The van der Waals surface area contributed by atoms with E-state index in [2.05, 4.69) is 10.6 Å². The number of amides is 4. The van der Waals surface area contributed by atoms with Crippen LogP contribution in [0.4, 0.5) is 20.6 Å². The van der Waals surface area contributed by atoms with E-state index in [4.69, 9.17) is 21.1 Å². The number of carbonyl (C=O) groups is 3. The summed E-state index contributed by atoms with van der Waals surface area (Å²) in [6.45, 7) is 1.67. The minimum absolute atomic E-state index is 0.0645. The molecule has 3 aromatic carbocycles. The van der Waals surface area contributed by atoms with Crippen LogP contribution in [-0.4, -0.2) is 31.1 Å². The molecule has 1 saturated heterocycles. The lowest BCUT2D eigenvalue weighted by atomic mass is 10.1. The van der Waals surface area contributed by atoms with Gasteiger partial charge in [-0.1, -0.05) is 29.8 Å². The summed E-state index contributed by atoms with van der Waals surface area (Å²) in [4.78, 5) is 38.5. The van der Waals surface area contributed by atoms with Gasteiger partial charge in [0.1, 0.15) is 11.5 Å². The number of nitrogens with zero attached hydrogens (tertiary/aromatic N) is 1. The molecule has 1 aliphatic heterocycles. The number of para-hydroxylation sites is 1. The lowest BCUT2D eigenvalue weighted by molar-refractivity contribution is -0.118. The van der Waals surface area contributed by atoms with Crippen molar-refractivity contribution >= 4 is 46.9 Å². The predicted molar refractivity (Wildman–Crippen MR) is 134 cm³/mol. The summed E-state index contributed by atoms with van der Waals surface area (Å²) in [5.74, 6) is -1.02. The fourth-order valence-corrected chi connectivity index (χ4v) is 3.73. The molecule has 1 aliphatic rings. The van der Waals surface area contributed by atoms with Crippen LogP contribution < -0.4 is 25.0 Å². The molecule has 4 amide bonds. The molecule has 0 spiro atoms. The molecule has 3 aromatic rings. The van der Waals surface area contributed by atoms with Crippen molar-refractivity contribution in [3.63, 3.8) is 0 Å². The molecule has 4 rings (SSSR count). The molecule has 0 unspecified atom stereocenters. The molecule has 8 nitrogen and oxygen atoms in total. The summed E-state index contributed by atoms with van der Waals surface area (Å²) in [5, 5.41) is 5.29. The quantitative estimate of drug-likeness (QED) is 0.329. The van der Waals surface area contributed by atoms with Crippen molar-refractivity contribution in [1.82, 2.24) is 5.32 Å². The van der Waals surface area contributed by atoms with Gasteiger partial charge in [-0.2, -0.15) is 0 Å². The lowest BCUT2D eigenvalue weighted by Gasteiger charge is -2.14. The van der Waals surface area contributed by atoms with Crippen LogP contribution >= 0.6 is 11.6 Å². The van der Waals surface area contributed by atoms with Crippen LogP contribution in [0, 0.1) is 5.82 Å². The van der Waals surface area contributed by atoms with Crippen molar-refractivity contribution in [3.05, 3.63) is 88.8 Å². The zero-order chi connectivity index (χ0) is 25.7. The monoisotopic (exact) mass is 509 g/mol. The first kappa shape index (κ1) is 24.7. The van der Waals surface area contributed by atoms with Crippen molar-refractivity contribution in [3.8, 4) is 11.5 Å². The fraction of sp³-hybridized carbons (Fsp3) is 0.115. The SMILES string of the molecule is CCOc1cc(/C=C2/NC(=O)N(c3ccccc3)C2=O)cc(Cl)c1OCC(=O)Nc1ccc(F)cc1. The molecule has 0 radical (unpaired) electrons. The Labute approximate surface area is 211 Å². The molecule has 0 aliphatic carbocycles. The third-order valence-electron chi connectivity index (χ3n) is 5.01. The minimum atomic E-state index is -0.569. The van der Waals surface area contributed by atoms with E-state index in [0.717, 1.165) is 4.90 Å². The van der Waals surface area contributed by atoms with E-state index in [1.807, 2.05) is 0 Å². The standard InChI is InChI=1S/C26H21ClFN3O5/c1-2-35-22-14-16(13-21-25(33)31(26(34)30-21)19-6-4-3-5-7-19)12-20(27)24(22)36-15-23(32)29-18-10-8-17(28)9-11-18/h3-14H,2,15H2,1H3,(H,29,32)(H,30,34)/b21-13+. The van der Waals surface area contributed by atoms with Gasteiger partial charge in [-0.3, -0.25) is 9.59 Å². The zero-order valence-electron chi connectivity index (χ0n) is 19.1. The van der Waals surface area contributed by atoms with Crippen molar-refractivity contribution in [2.24, 2.45) is 0 Å². The first-order valence-electron chi connectivity index (χ1n) is 10.9. The summed E-state index contributed by atoms with van der Waals surface area (Å²) in [7, 11) is 0. The van der Waals surface area contributed by atoms with Gasteiger partial charge in [0.05, 0.1) is 17.3 Å². The highest BCUT2D eigenvalue weighted by Crippen LogP contribution is 2.37. The first-order valence-corrected chi connectivity index (χ1v) is 11.3. The number of nitrogens with one attached hydrogen (secondary N) is 2. The van der Waals surface area contributed by atoms with Gasteiger partial charge in [0.2, 0.25) is 0 Å². The number of imide groups is 1. The normalized spacial score (nSPS) is 14.1. The molecule has 0 saturated carbocycles. The molecule has 2 N–H and O–H groups in total. The summed E-state index contributed by atoms with van der Waals surface area (Å²) in [6.07, 6.45) is 1.47. The third-order valence-corrected chi connectivity index (χ3v) is 5.29. The molecule has 36 heavy (non-hydrogen) atoms. The molecular weight excluding hydrogens is 489 g/mol. The van der Waals surface area contributed by atoms with E-state index >= 15 is 0 Å². The number of urea groups is 1. The Kier molecular flexibility index (Phi) is 7.50. The number of halogens is 2. The highest BCUT2D eigenvalue weighted by molar-refractivity contribution is 6.32. The maximum Gasteiger partial charge on any atom is 0.333 e. The van der Waals surface area contributed by atoms with Gasteiger partial charge in [-0.05, 0) is 67.1 Å². The lowest BCUT2D eigenvalue weighted by Crippen LogP contribution is -2.30. The van der Waals surface area contributed by atoms with E-state index < -0.39 is 23.7 Å². The molecule has 0 atom stereocenters. The van der Waals surface area contributed by atoms with Gasteiger partial charge >= 0.3 is 6.03 Å². The molecule has 0 bridgehead atoms. The Morgan fingerprint density at radius 1 is 1.08 bits per heavy atom. The number of carbonyl (C=O) groups excluding carboxylic acids is 3. The highest BCUT2D eigenvalue weighted by atomic mass is 35.5. The van der Waals surface area contributed by atoms with Crippen LogP contribution in [-0.2, 0) is 9.59 Å². The number of hydrogen-bond donors (Lipinski definition) is 2. The second-order valence-corrected chi connectivity index (χ2v) is 7.98. The molecule has 0 aromatic heterocycles. The van der Waals surface area contributed by atoms with Gasteiger partial charge < -0.3 is 20.1 Å².